The summed E-state index contributed by atoms with van der Waals surface area (Å²) in [6.45, 7) is 5.77. The Bertz CT molecular complexity index is 473. The van der Waals surface area contributed by atoms with E-state index in [0.29, 0.717) is 12.8 Å². The van der Waals surface area contributed by atoms with Crippen molar-refractivity contribution < 1.29 is 19.1 Å². The number of ether oxygens (including phenoxy) is 2. The minimum Gasteiger partial charge on any atom is -0.467 e. The number of carbonyl (C=O) groups is 2. The maximum absolute atomic E-state index is 11.9. The predicted molar refractivity (Wildman–Crippen MR) is 84.5 cm³/mol. The van der Waals surface area contributed by atoms with E-state index in [2.05, 4.69) is 5.32 Å². The van der Waals surface area contributed by atoms with Gasteiger partial charge in [0.15, 0.2) is 0 Å². The van der Waals surface area contributed by atoms with Crippen molar-refractivity contribution in [3.05, 3.63) is 35.9 Å². The van der Waals surface area contributed by atoms with Crippen LogP contribution >= 0.6 is 0 Å². The molecule has 1 aromatic carbocycles. The van der Waals surface area contributed by atoms with Gasteiger partial charge in [0.05, 0.1) is 7.11 Å². The molecule has 5 nitrogen and oxygen atoms in total. The molecule has 1 unspecified atom stereocenters. The smallest absolute Gasteiger partial charge is 0.408 e. The van der Waals surface area contributed by atoms with Gasteiger partial charge in [-0.25, -0.2) is 9.59 Å². The molecule has 0 heterocycles. The molecule has 22 heavy (non-hydrogen) atoms. The SMILES string of the molecule is COC(=O)[C@H](CC(C)C)NC(=O)OC(C)Cc1ccccc1. The average molecular weight is 307 g/mol. The van der Waals surface area contributed by atoms with Crippen LogP contribution in [0.4, 0.5) is 4.79 Å². The Balaban J connectivity index is 2.50. The summed E-state index contributed by atoms with van der Waals surface area (Å²) in [5, 5.41) is 2.58. The van der Waals surface area contributed by atoms with E-state index in [0.717, 1.165) is 5.56 Å². The standard InChI is InChI=1S/C17H25NO4/c1-12(2)10-15(16(19)21-4)18-17(20)22-13(3)11-14-8-6-5-7-9-14/h5-9,12-13,15H,10-11H2,1-4H3,(H,18,20)/t13?,15-/m0/s1. The third-order valence-corrected chi connectivity index (χ3v) is 3.16. The molecule has 0 saturated heterocycles. The van der Waals surface area contributed by atoms with Gasteiger partial charge in [-0.1, -0.05) is 44.2 Å². The third kappa shape index (κ3) is 6.61. The molecule has 122 valence electrons. The molecule has 0 aliphatic carbocycles. The lowest BCUT2D eigenvalue weighted by atomic mass is 10.0. The van der Waals surface area contributed by atoms with Crippen LogP contribution in [-0.2, 0) is 20.7 Å². The van der Waals surface area contributed by atoms with Crippen LogP contribution in [0.3, 0.4) is 0 Å². The fourth-order valence-electron chi connectivity index (χ4n) is 2.17. The Hall–Kier alpha value is -2.04. The third-order valence-electron chi connectivity index (χ3n) is 3.16. The zero-order chi connectivity index (χ0) is 16.5. The summed E-state index contributed by atoms with van der Waals surface area (Å²) >= 11 is 0. The van der Waals surface area contributed by atoms with E-state index >= 15 is 0 Å². The van der Waals surface area contributed by atoms with Crippen molar-refractivity contribution in [2.45, 2.75) is 45.8 Å². The molecular formula is C17H25NO4. The fraction of sp³-hybridized carbons (Fsp3) is 0.529. The van der Waals surface area contributed by atoms with Gasteiger partial charge in [-0.05, 0) is 24.8 Å². The van der Waals surface area contributed by atoms with Gasteiger partial charge in [0.2, 0.25) is 0 Å². The van der Waals surface area contributed by atoms with Crippen LogP contribution < -0.4 is 5.32 Å². The second-order valence-electron chi connectivity index (χ2n) is 5.76. The first kappa shape index (κ1) is 18.0. The molecule has 1 aromatic rings. The van der Waals surface area contributed by atoms with Crippen LogP contribution in [0.25, 0.3) is 0 Å². The van der Waals surface area contributed by atoms with Crippen LogP contribution in [0.5, 0.6) is 0 Å². The molecule has 0 aliphatic heterocycles. The summed E-state index contributed by atoms with van der Waals surface area (Å²) in [5.41, 5.74) is 1.09. The highest BCUT2D eigenvalue weighted by Gasteiger charge is 2.24. The molecule has 0 bridgehead atoms. The number of esters is 1. The molecule has 0 aromatic heterocycles. The van der Waals surface area contributed by atoms with E-state index in [1.54, 1.807) is 0 Å². The first-order chi connectivity index (χ1) is 10.4. The number of alkyl carbamates (subject to hydrolysis) is 1. The highest BCUT2D eigenvalue weighted by molar-refractivity contribution is 5.81. The average Bonchev–Trinajstić information content (AvgIpc) is 2.46. The van der Waals surface area contributed by atoms with Gasteiger partial charge in [0, 0.05) is 6.42 Å². The van der Waals surface area contributed by atoms with E-state index in [4.69, 9.17) is 9.47 Å². The van der Waals surface area contributed by atoms with Crippen LogP contribution in [0.15, 0.2) is 30.3 Å². The second-order valence-corrected chi connectivity index (χ2v) is 5.76. The number of rotatable bonds is 7. The molecule has 0 spiro atoms. The largest absolute Gasteiger partial charge is 0.467 e. The van der Waals surface area contributed by atoms with Gasteiger partial charge in [-0.3, -0.25) is 0 Å². The molecule has 1 amide bonds. The molecule has 0 saturated carbocycles. The molecule has 5 heteroatoms. The number of amides is 1. The van der Waals surface area contributed by atoms with E-state index in [9.17, 15) is 9.59 Å². The number of hydrogen-bond donors (Lipinski definition) is 1. The van der Waals surface area contributed by atoms with Crippen molar-refractivity contribution in [1.82, 2.24) is 5.32 Å². The van der Waals surface area contributed by atoms with Crippen molar-refractivity contribution in [2.75, 3.05) is 7.11 Å². The summed E-state index contributed by atoms with van der Waals surface area (Å²) < 4.78 is 10.0. The van der Waals surface area contributed by atoms with E-state index in [1.807, 2.05) is 51.1 Å². The number of hydrogen-bond acceptors (Lipinski definition) is 4. The van der Waals surface area contributed by atoms with Gasteiger partial charge in [-0.2, -0.15) is 0 Å². The van der Waals surface area contributed by atoms with Gasteiger partial charge in [-0.15, -0.1) is 0 Å². The summed E-state index contributed by atoms with van der Waals surface area (Å²) in [5.74, 6) is -0.201. The van der Waals surface area contributed by atoms with Crippen molar-refractivity contribution in [3.63, 3.8) is 0 Å². The monoisotopic (exact) mass is 307 g/mol. The molecule has 1 rings (SSSR count). The second kappa shape index (κ2) is 9.07. The summed E-state index contributed by atoms with van der Waals surface area (Å²) in [6, 6.07) is 9.10. The van der Waals surface area contributed by atoms with Crippen LogP contribution in [0.1, 0.15) is 32.8 Å². The first-order valence-corrected chi connectivity index (χ1v) is 7.51. The van der Waals surface area contributed by atoms with Gasteiger partial charge >= 0.3 is 12.1 Å². The highest BCUT2D eigenvalue weighted by Crippen LogP contribution is 2.09. The summed E-state index contributed by atoms with van der Waals surface area (Å²) in [7, 11) is 1.31. The maximum Gasteiger partial charge on any atom is 0.408 e. The van der Waals surface area contributed by atoms with Crippen molar-refractivity contribution >= 4 is 12.1 Å². The van der Waals surface area contributed by atoms with Crippen LogP contribution in [0.2, 0.25) is 0 Å². The van der Waals surface area contributed by atoms with Gasteiger partial charge < -0.3 is 14.8 Å². The Labute approximate surface area is 132 Å². The quantitative estimate of drug-likeness (QED) is 0.787. The van der Waals surface area contributed by atoms with Crippen molar-refractivity contribution in [3.8, 4) is 0 Å². The van der Waals surface area contributed by atoms with Crippen molar-refractivity contribution in [1.29, 1.82) is 0 Å². The summed E-state index contributed by atoms with van der Waals surface area (Å²) in [4.78, 5) is 23.6. The fourth-order valence-corrected chi connectivity index (χ4v) is 2.17. The molecular weight excluding hydrogens is 282 g/mol. The van der Waals surface area contributed by atoms with Crippen molar-refractivity contribution in [2.24, 2.45) is 5.92 Å². The molecule has 2 atom stereocenters. The van der Waals surface area contributed by atoms with Gasteiger partial charge in [0.1, 0.15) is 12.1 Å². The van der Waals surface area contributed by atoms with E-state index in [-0.39, 0.29) is 12.0 Å². The molecule has 0 radical (unpaired) electrons. The predicted octanol–water partition coefficient (Wildman–Crippen LogP) is 2.93. The van der Waals surface area contributed by atoms with E-state index in [1.165, 1.54) is 7.11 Å². The maximum atomic E-state index is 11.9. The highest BCUT2D eigenvalue weighted by atomic mass is 16.6. The molecule has 1 N–H and O–H groups in total. The zero-order valence-electron chi connectivity index (χ0n) is 13.7. The minimum atomic E-state index is -0.679. The molecule has 0 aliphatic rings. The Morgan fingerprint density at radius 3 is 2.32 bits per heavy atom. The molecule has 0 fully saturated rings. The number of benzene rings is 1. The Kier molecular flexibility index (Phi) is 7.43. The number of methoxy groups -OCH3 is 1. The lowest BCUT2D eigenvalue weighted by molar-refractivity contribution is -0.143. The van der Waals surface area contributed by atoms with Crippen LogP contribution in [0, 0.1) is 5.92 Å². The minimum absolute atomic E-state index is 0.256. The topological polar surface area (TPSA) is 64.6 Å². The number of nitrogens with one attached hydrogen (secondary N) is 1. The Morgan fingerprint density at radius 1 is 1.14 bits per heavy atom. The normalized spacial score (nSPS) is 13.3. The van der Waals surface area contributed by atoms with Gasteiger partial charge in [0.25, 0.3) is 0 Å². The first-order valence-electron chi connectivity index (χ1n) is 7.51. The zero-order valence-corrected chi connectivity index (χ0v) is 13.7. The van der Waals surface area contributed by atoms with E-state index < -0.39 is 18.1 Å². The number of carbonyl (C=O) groups excluding carboxylic acids is 2. The van der Waals surface area contributed by atoms with Crippen LogP contribution in [-0.4, -0.2) is 31.3 Å². The Morgan fingerprint density at radius 2 is 1.77 bits per heavy atom. The summed E-state index contributed by atoms with van der Waals surface area (Å²) in [6.07, 6.45) is 0.259. The lowest BCUT2D eigenvalue weighted by Gasteiger charge is -2.20. The lowest BCUT2D eigenvalue weighted by Crippen LogP contribution is -2.43.